The minimum atomic E-state index is -0.367. The molecule has 6 heteroatoms. The molecule has 2 amide bonds. The molecule has 0 heterocycles. The smallest absolute Gasteiger partial charge is 0.255 e. The van der Waals surface area contributed by atoms with E-state index < -0.39 is 0 Å². The zero-order valence-corrected chi connectivity index (χ0v) is 15.3. The Bertz CT molecular complexity index is 821. The fourth-order valence-corrected chi connectivity index (χ4v) is 2.91. The van der Waals surface area contributed by atoms with Gasteiger partial charge < -0.3 is 15.0 Å². The number of carbonyl (C=O) groups is 2. The van der Waals surface area contributed by atoms with E-state index in [1.165, 1.54) is 6.07 Å². The van der Waals surface area contributed by atoms with Crippen LogP contribution in [0.3, 0.4) is 0 Å². The average Bonchev–Trinajstić information content (AvgIpc) is 3.51. The standard InChI is InChI=1S/C21H23FN2O3/c1-2-27-19-10-6-4-8-17(19)21(26)23-13-20(25)24(16-11-12-16)14-15-7-3-5-9-18(15)22/h3-10,16H,2,11-14H2,1H3,(H,23,26). The van der Waals surface area contributed by atoms with Crippen molar-refractivity contribution in [1.82, 2.24) is 10.2 Å². The van der Waals surface area contributed by atoms with Crippen LogP contribution >= 0.6 is 0 Å². The first-order valence-electron chi connectivity index (χ1n) is 9.13. The summed E-state index contributed by atoms with van der Waals surface area (Å²) in [5.74, 6) is -0.432. The molecule has 2 aromatic rings. The van der Waals surface area contributed by atoms with E-state index in [0.717, 1.165) is 12.8 Å². The molecular weight excluding hydrogens is 347 g/mol. The normalized spacial score (nSPS) is 13.1. The Morgan fingerprint density at radius 3 is 2.56 bits per heavy atom. The summed E-state index contributed by atoms with van der Waals surface area (Å²) < 4.78 is 19.4. The van der Waals surface area contributed by atoms with Crippen LogP contribution in [0.15, 0.2) is 48.5 Å². The predicted molar refractivity (Wildman–Crippen MR) is 99.9 cm³/mol. The summed E-state index contributed by atoms with van der Waals surface area (Å²) in [7, 11) is 0. The molecule has 3 rings (SSSR count). The van der Waals surface area contributed by atoms with E-state index in [4.69, 9.17) is 4.74 Å². The molecule has 1 aliphatic rings. The molecule has 1 saturated carbocycles. The van der Waals surface area contributed by atoms with Crippen LogP contribution in [-0.4, -0.2) is 35.9 Å². The van der Waals surface area contributed by atoms with Crippen LogP contribution in [0.25, 0.3) is 0 Å². The highest BCUT2D eigenvalue weighted by Gasteiger charge is 2.33. The molecule has 0 bridgehead atoms. The van der Waals surface area contributed by atoms with Crippen molar-refractivity contribution in [3.05, 3.63) is 65.5 Å². The maximum atomic E-state index is 13.9. The van der Waals surface area contributed by atoms with Crippen molar-refractivity contribution in [2.24, 2.45) is 0 Å². The van der Waals surface area contributed by atoms with Crippen LogP contribution in [0.5, 0.6) is 5.75 Å². The number of benzene rings is 2. The molecule has 0 aromatic heterocycles. The van der Waals surface area contributed by atoms with E-state index in [-0.39, 0.29) is 36.8 Å². The maximum absolute atomic E-state index is 13.9. The molecular formula is C21H23FN2O3. The van der Waals surface area contributed by atoms with Gasteiger partial charge in [0.1, 0.15) is 11.6 Å². The maximum Gasteiger partial charge on any atom is 0.255 e. The Morgan fingerprint density at radius 2 is 1.85 bits per heavy atom. The van der Waals surface area contributed by atoms with Crippen molar-refractivity contribution in [3.63, 3.8) is 0 Å². The van der Waals surface area contributed by atoms with Gasteiger partial charge in [-0.3, -0.25) is 9.59 Å². The lowest BCUT2D eigenvalue weighted by atomic mass is 10.2. The molecule has 0 radical (unpaired) electrons. The summed E-state index contributed by atoms with van der Waals surface area (Å²) >= 11 is 0. The molecule has 0 unspecified atom stereocenters. The van der Waals surface area contributed by atoms with Gasteiger partial charge in [0.15, 0.2) is 0 Å². The summed E-state index contributed by atoms with van der Waals surface area (Å²) in [4.78, 5) is 26.7. The van der Waals surface area contributed by atoms with Gasteiger partial charge in [0.05, 0.1) is 18.7 Å². The highest BCUT2D eigenvalue weighted by Crippen LogP contribution is 2.29. The Hall–Kier alpha value is -2.89. The third kappa shape index (κ3) is 4.84. The monoisotopic (exact) mass is 370 g/mol. The molecule has 0 aliphatic heterocycles. The third-order valence-corrected chi connectivity index (χ3v) is 4.44. The second-order valence-corrected chi connectivity index (χ2v) is 6.46. The van der Waals surface area contributed by atoms with Gasteiger partial charge in [-0.05, 0) is 38.0 Å². The van der Waals surface area contributed by atoms with E-state index in [9.17, 15) is 14.0 Å². The number of hydrogen-bond donors (Lipinski definition) is 1. The van der Waals surface area contributed by atoms with Crippen molar-refractivity contribution in [2.45, 2.75) is 32.4 Å². The molecule has 1 fully saturated rings. The second-order valence-electron chi connectivity index (χ2n) is 6.46. The van der Waals surface area contributed by atoms with E-state index >= 15 is 0 Å². The Kier molecular flexibility index (Phi) is 6.06. The summed E-state index contributed by atoms with van der Waals surface area (Å²) in [6, 6.07) is 13.5. The van der Waals surface area contributed by atoms with Gasteiger partial charge in [0, 0.05) is 18.2 Å². The lowest BCUT2D eigenvalue weighted by molar-refractivity contribution is -0.131. The minimum Gasteiger partial charge on any atom is -0.493 e. The van der Waals surface area contributed by atoms with Crippen molar-refractivity contribution in [2.75, 3.05) is 13.2 Å². The largest absolute Gasteiger partial charge is 0.493 e. The van der Waals surface area contributed by atoms with E-state index in [2.05, 4.69) is 5.32 Å². The van der Waals surface area contributed by atoms with Crippen LogP contribution in [0.4, 0.5) is 4.39 Å². The number of para-hydroxylation sites is 1. The number of rotatable bonds is 8. The average molecular weight is 370 g/mol. The lowest BCUT2D eigenvalue weighted by Crippen LogP contribution is -2.41. The lowest BCUT2D eigenvalue weighted by Gasteiger charge is -2.23. The summed E-state index contributed by atoms with van der Waals surface area (Å²) in [6.07, 6.45) is 1.81. The third-order valence-electron chi connectivity index (χ3n) is 4.44. The van der Waals surface area contributed by atoms with Crippen LogP contribution in [0, 0.1) is 5.82 Å². The second kappa shape index (κ2) is 8.66. The molecule has 142 valence electrons. The van der Waals surface area contributed by atoms with Gasteiger partial charge in [-0.15, -0.1) is 0 Å². The molecule has 5 nitrogen and oxygen atoms in total. The van der Waals surface area contributed by atoms with Crippen molar-refractivity contribution < 1.29 is 18.7 Å². The topological polar surface area (TPSA) is 58.6 Å². The van der Waals surface area contributed by atoms with E-state index in [0.29, 0.717) is 23.5 Å². The Labute approximate surface area is 158 Å². The molecule has 27 heavy (non-hydrogen) atoms. The van der Waals surface area contributed by atoms with Crippen molar-refractivity contribution in [1.29, 1.82) is 0 Å². The number of halogens is 1. The number of carbonyl (C=O) groups excluding carboxylic acids is 2. The summed E-state index contributed by atoms with van der Waals surface area (Å²) in [5, 5.41) is 2.66. The minimum absolute atomic E-state index is 0.115. The van der Waals surface area contributed by atoms with E-state index in [1.807, 2.05) is 6.92 Å². The first kappa shape index (κ1) is 18.9. The van der Waals surface area contributed by atoms with Gasteiger partial charge in [-0.1, -0.05) is 30.3 Å². The van der Waals surface area contributed by atoms with Gasteiger partial charge in [-0.25, -0.2) is 4.39 Å². The SMILES string of the molecule is CCOc1ccccc1C(=O)NCC(=O)N(Cc1ccccc1F)C1CC1. The number of nitrogens with zero attached hydrogens (tertiary/aromatic N) is 1. The predicted octanol–water partition coefficient (Wildman–Crippen LogP) is 3.15. The van der Waals surface area contributed by atoms with Crippen LogP contribution in [0.1, 0.15) is 35.7 Å². The zero-order chi connectivity index (χ0) is 19.2. The number of hydrogen-bond acceptors (Lipinski definition) is 3. The molecule has 0 saturated heterocycles. The van der Waals surface area contributed by atoms with Gasteiger partial charge >= 0.3 is 0 Å². The Morgan fingerprint density at radius 1 is 1.15 bits per heavy atom. The van der Waals surface area contributed by atoms with Crippen LogP contribution in [-0.2, 0) is 11.3 Å². The first-order chi connectivity index (χ1) is 13.1. The summed E-state index contributed by atoms with van der Waals surface area (Å²) in [5.41, 5.74) is 0.866. The molecule has 2 aromatic carbocycles. The van der Waals surface area contributed by atoms with Gasteiger partial charge in [-0.2, -0.15) is 0 Å². The van der Waals surface area contributed by atoms with Crippen LogP contribution in [0.2, 0.25) is 0 Å². The molecule has 0 spiro atoms. The number of amides is 2. The quantitative estimate of drug-likeness (QED) is 0.777. The fraction of sp³-hybridized carbons (Fsp3) is 0.333. The number of nitrogens with one attached hydrogen (secondary N) is 1. The molecule has 1 N–H and O–H groups in total. The highest BCUT2D eigenvalue weighted by atomic mass is 19.1. The zero-order valence-electron chi connectivity index (χ0n) is 15.3. The van der Waals surface area contributed by atoms with Gasteiger partial charge in [0.2, 0.25) is 5.91 Å². The Balaban J connectivity index is 1.63. The highest BCUT2D eigenvalue weighted by molar-refractivity contribution is 5.98. The van der Waals surface area contributed by atoms with Crippen LogP contribution < -0.4 is 10.1 Å². The van der Waals surface area contributed by atoms with E-state index in [1.54, 1.807) is 47.4 Å². The van der Waals surface area contributed by atoms with Gasteiger partial charge in [0.25, 0.3) is 5.91 Å². The molecule has 0 atom stereocenters. The molecule has 1 aliphatic carbocycles. The van der Waals surface area contributed by atoms with Crippen molar-refractivity contribution in [3.8, 4) is 5.75 Å². The fourth-order valence-electron chi connectivity index (χ4n) is 2.91. The first-order valence-corrected chi connectivity index (χ1v) is 9.13. The number of ether oxygens (including phenoxy) is 1. The van der Waals surface area contributed by atoms with Crippen molar-refractivity contribution >= 4 is 11.8 Å². The summed E-state index contributed by atoms with van der Waals surface area (Å²) in [6.45, 7) is 2.36.